The van der Waals surface area contributed by atoms with Crippen molar-refractivity contribution in [3.8, 4) is 0 Å². The van der Waals surface area contributed by atoms with Crippen LogP contribution < -0.4 is 5.32 Å². The van der Waals surface area contributed by atoms with Crippen LogP contribution in [0.2, 0.25) is 0 Å². The van der Waals surface area contributed by atoms with E-state index in [0.717, 1.165) is 30.7 Å². The van der Waals surface area contributed by atoms with Crippen LogP contribution in [0.1, 0.15) is 56.8 Å². The smallest absolute Gasteiger partial charge is 0.256 e. The van der Waals surface area contributed by atoms with Gasteiger partial charge in [-0.25, -0.2) is 9.50 Å². The standard InChI is InChI=1S/C21H24N4O/c1-12-5-6-13(2)16(9-12)10-18-14(3)23-20-19(11-22-25(20)15(18)4)21(26)24-17-7-8-17/h5-6,9,11,17H,7-8,10H2,1-4H3,(H,24,26). The minimum atomic E-state index is -0.0731. The monoisotopic (exact) mass is 348 g/mol. The van der Waals surface area contributed by atoms with Gasteiger partial charge in [-0.05, 0) is 57.2 Å². The molecule has 1 aromatic carbocycles. The zero-order valence-corrected chi connectivity index (χ0v) is 15.8. The van der Waals surface area contributed by atoms with E-state index in [1.165, 1.54) is 22.3 Å². The number of carbonyl (C=O) groups is 1. The fourth-order valence-corrected chi connectivity index (χ4v) is 3.40. The topological polar surface area (TPSA) is 59.3 Å². The number of aryl methyl sites for hydroxylation is 4. The quantitative estimate of drug-likeness (QED) is 0.786. The summed E-state index contributed by atoms with van der Waals surface area (Å²) in [6.45, 7) is 8.32. The molecule has 1 aliphatic rings. The number of nitrogens with one attached hydrogen (secondary N) is 1. The summed E-state index contributed by atoms with van der Waals surface area (Å²) in [4.78, 5) is 17.2. The third kappa shape index (κ3) is 2.98. The fourth-order valence-electron chi connectivity index (χ4n) is 3.40. The Bertz CT molecular complexity index is 1010. The molecule has 3 aromatic rings. The van der Waals surface area contributed by atoms with E-state index in [-0.39, 0.29) is 5.91 Å². The minimum Gasteiger partial charge on any atom is -0.349 e. The molecule has 0 bridgehead atoms. The molecule has 4 rings (SSSR count). The van der Waals surface area contributed by atoms with Crippen LogP contribution in [0.3, 0.4) is 0 Å². The maximum Gasteiger partial charge on any atom is 0.256 e. The summed E-state index contributed by atoms with van der Waals surface area (Å²) in [5.41, 5.74) is 8.20. The van der Waals surface area contributed by atoms with Gasteiger partial charge in [0.2, 0.25) is 0 Å². The average Bonchev–Trinajstić information content (AvgIpc) is 3.30. The average molecular weight is 348 g/mol. The summed E-state index contributed by atoms with van der Waals surface area (Å²) in [5.74, 6) is -0.0731. The molecule has 0 aliphatic heterocycles. The molecule has 5 heteroatoms. The number of benzene rings is 1. The van der Waals surface area contributed by atoms with Gasteiger partial charge in [0.05, 0.1) is 6.20 Å². The molecule has 2 heterocycles. The van der Waals surface area contributed by atoms with Crippen molar-refractivity contribution < 1.29 is 4.79 Å². The van der Waals surface area contributed by atoms with Crippen molar-refractivity contribution in [3.05, 3.63) is 63.6 Å². The minimum absolute atomic E-state index is 0.0731. The largest absolute Gasteiger partial charge is 0.349 e. The molecule has 1 amide bonds. The van der Waals surface area contributed by atoms with E-state index in [0.29, 0.717) is 17.3 Å². The molecule has 1 saturated carbocycles. The number of aromatic nitrogens is 3. The lowest BCUT2D eigenvalue weighted by molar-refractivity contribution is 0.0952. The van der Waals surface area contributed by atoms with Crippen molar-refractivity contribution in [3.63, 3.8) is 0 Å². The van der Waals surface area contributed by atoms with Crippen LogP contribution in [0, 0.1) is 27.7 Å². The highest BCUT2D eigenvalue weighted by Gasteiger charge is 2.26. The van der Waals surface area contributed by atoms with Crippen LogP contribution in [0.25, 0.3) is 5.65 Å². The lowest BCUT2D eigenvalue weighted by Gasteiger charge is -2.13. The van der Waals surface area contributed by atoms with Crippen molar-refractivity contribution in [1.82, 2.24) is 19.9 Å². The number of fused-ring (bicyclic) bond motifs is 1. The van der Waals surface area contributed by atoms with Crippen molar-refractivity contribution in [2.75, 3.05) is 0 Å². The molecular weight excluding hydrogens is 324 g/mol. The van der Waals surface area contributed by atoms with Crippen molar-refractivity contribution >= 4 is 11.6 Å². The summed E-state index contributed by atoms with van der Waals surface area (Å²) < 4.78 is 1.80. The molecule has 1 aliphatic carbocycles. The van der Waals surface area contributed by atoms with Crippen LogP contribution in [0.5, 0.6) is 0 Å². The summed E-state index contributed by atoms with van der Waals surface area (Å²) in [7, 11) is 0. The van der Waals surface area contributed by atoms with Crippen molar-refractivity contribution in [1.29, 1.82) is 0 Å². The predicted octanol–water partition coefficient (Wildman–Crippen LogP) is 3.45. The molecular formula is C21H24N4O. The Kier molecular flexibility index (Phi) is 4.02. The first-order valence-electron chi connectivity index (χ1n) is 9.15. The van der Waals surface area contributed by atoms with Gasteiger partial charge in [0, 0.05) is 23.9 Å². The number of hydrogen-bond acceptors (Lipinski definition) is 3. The molecule has 0 spiro atoms. The third-order valence-corrected chi connectivity index (χ3v) is 5.24. The Hall–Kier alpha value is -2.69. The molecule has 2 aromatic heterocycles. The summed E-state index contributed by atoms with van der Waals surface area (Å²) in [6.07, 6.45) is 4.58. The van der Waals surface area contributed by atoms with Crippen molar-refractivity contribution in [2.45, 2.75) is 53.0 Å². The molecule has 5 nitrogen and oxygen atoms in total. The lowest BCUT2D eigenvalue weighted by atomic mass is 9.97. The van der Waals surface area contributed by atoms with Gasteiger partial charge in [-0.2, -0.15) is 5.10 Å². The summed E-state index contributed by atoms with van der Waals surface area (Å²) >= 11 is 0. The highest BCUT2D eigenvalue weighted by Crippen LogP contribution is 2.24. The van der Waals surface area contributed by atoms with Gasteiger partial charge in [0.15, 0.2) is 5.65 Å². The Balaban J connectivity index is 1.74. The zero-order chi connectivity index (χ0) is 18.4. The highest BCUT2D eigenvalue weighted by atomic mass is 16.1. The van der Waals surface area contributed by atoms with Crippen LogP contribution in [-0.2, 0) is 6.42 Å². The van der Waals surface area contributed by atoms with E-state index in [4.69, 9.17) is 4.98 Å². The number of nitrogens with zero attached hydrogens (tertiary/aromatic N) is 3. The van der Waals surface area contributed by atoms with Gasteiger partial charge >= 0.3 is 0 Å². The van der Waals surface area contributed by atoms with Crippen LogP contribution >= 0.6 is 0 Å². The van der Waals surface area contributed by atoms with E-state index in [1.807, 2.05) is 6.92 Å². The zero-order valence-electron chi connectivity index (χ0n) is 15.8. The third-order valence-electron chi connectivity index (χ3n) is 5.24. The first-order chi connectivity index (χ1) is 12.4. The highest BCUT2D eigenvalue weighted by molar-refractivity contribution is 6.00. The number of carbonyl (C=O) groups excluding carboxylic acids is 1. The molecule has 0 saturated heterocycles. The molecule has 26 heavy (non-hydrogen) atoms. The van der Waals surface area contributed by atoms with E-state index in [1.54, 1.807) is 10.7 Å². The van der Waals surface area contributed by atoms with Gasteiger partial charge in [-0.1, -0.05) is 23.8 Å². The second-order valence-electron chi connectivity index (χ2n) is 7.41. The number of rotatable bonds is 4. The van der Waals surface area contributed by atoms with Gasteiger partial charge in [0.25, 0.3) is 5.91 Å². The molecule has 1 N–H and O–H groups in total. The molecule has 0 atom stereocenters. The van der Waals surface area contributed by atoms with Crippen LogP contribution in [0.4, 0.5) is 0 Å². The first kappa shape index (κ1) is 16.8. The Morgan fingerprint density at radius 1 is 1.23 bits per heavy atom. The Morgan fingerprint density at radius 3 is 2.73 bits per heavy atom. The van der Waals surface area contributed by atoms with Gasteiger partial charge in [-0.3, -0.25) is 4.79 Å². The van der Waals surface area contributed by atoms with Crippen LogP contribution in [0.15, 0.2) is 24.4 Å². The number of amides is 1. The maximum atomic E-state index is 12.4. The normalized spacial score (nSPS) is 14.0. The molecule has 0 radical (unpaired) electrons. The van der Waals surface area contributed by atoms with Gasteiger partial charge in [-0.15, -0.1) is 0 Å². The lowest BCUT2D eigenvalue weighted by Crippen LogP contribution is -2.25. The predicted molar refractivity (Wildman–Crippen MR) is 102 cm³/mol. The SMILES string of the molecule is Cc1ccc(C)c(Cc2c(C)nc3c(C(=O)NC4CC4)cnn3c2C)c1. The van der Waals surface area contributed by atoms with E-state index < -0.39 is 0 Å². The van der Waals surface area contributed by atoms with Gasteiger partial charge < -0.3 is 5.32 Å². The molecule has 134 valence electrons. The fraction of sp³-hybridized carbons (Fsp3) is 0.381. The first-order valence-corrected chi connectivity index (χ1v) is 9.15. The molecule has 1 fully saturated rings. The molecule has 0 unspecified atom stereocenters. The van der Waals surface area contributed by atoms with E-state index >= 15 is 0 Å². The van der Waals surface area contributed by atoms with E-state index in [2.05, 4.69) is 49.4 Å². The second kappa shape index (κ2) is 6.24. The summed E-state index contributed by atoms with van der Waals surface area (Å²) in [5, 5.41) is 7.47. The number of hydrogen-bond donors (Lipinski definition) is 1. The van der Waals surface area contributed by atoms with Gasteiger partial charge in [0.1, 0.15) is 5.56 Å². The van der Waals surface area contributed by atoms with Crippen molar-refractivity contribution in [2.24, 2.45) is 0 Å². The van der Waals surface area contributed by atoms with E-state index in [9.17, 15) is 4.79 Å². The Morgan fingerprint density at radius 2 is 2.00 bits per heavy atom. The maximum absolute atomic E-state index is 12.4. The summed E-state index contributed by atoms with van der Waals surface area (Å²) in [6, 6.07) is 6.85. The second-order valence-corrected chi connectivity index (χ2v) is 7.41. The van der Waals surface area contributed by atoms with Crippen LogP contribution in [-0.4, -0.2) is 26.5 Å². The Labute approximate surface area is 153 Å².